The van der Waals surface area contributed by atoms with Crippen LogP contribution in [0.3, 0.4) is 0 Å². The zero-order valence-electron chi connectivity index (χ0n) is 13.5. The molecule has 2 rings (SSSR count). The van der Waals surface area contributed by atoms with Gasteiger partial charge >= 0.3 is 0 Å². The number of hydrazone groups is 1. The molecule has 2 amide bonds. The molecular formula is C16H20N4O4. The van der Waals surface area contributed by atoms with Gasteiger partial charge in [-0.2, -0.15) is 5.10 Å². The number of carbonyl (C=O) groups is 2. The Balaban J connectivity index is 1.91. The Hall–Kier alpha value is -2.77. The van der Waals surface area contributed by atoms with E-state index in [0.29, 0.717) is 24.1 Å². The van der Waals surface area contributed by atoms with Gasteiger partial charge in [0.05, 0.1) is 11.1 Å². The Morgan fingerprint density at radius 2 is 2.21 bits per heavy atom. The third kappa shape index (κ3) is 4.87. The molecule has 0 aromatic heterocycles. The minimum Gasteiger partial charge on any atom is -0.333 e. The van der Waals surface area contributed by atoms with Gasteiger partial charge in [0, 0.05) is 30.2 Å². The molecule has 1 aromatic rings. The SMILES string of the molecule is Cc1ccc(/C=N\NC(=O)CN2CCCCCC2=O)cc1[N+](=O)[O-]. The summed E-state index contributed by atoms with van der Waals surface area (Å²) in [6.45, 7) is 2.21. The molecule has 1 N–H and O–H groups in total. The van der Waals surface area contributed by atoms with E-state index in [2.05, 4.69) is 10.5 Å². The van der Waals surface area contributed by atoms with Crippen molar-refractivity contribution in [1.82, 2.24) is 10.3 Å². The second-order valence-electron chi connectivity index (χ2n) is 5.72. The van der Waals surface area contributed by atoms with Gasteiger partial charge in [-0.15, -0.1) is 0 Å². The summed E-state index contributed by atoms with van der Waals surface area (Å²) in [5.74, 6) is -0.399. The zero-order valence-corrected chi connectivity index (χ0v) is 13.5. The van der Waals surface area contributed by atoms with Crippen molar-refractivity contribution in [3.05, 3.63) is 39.4 Å². The highest BCUT2D eigenvalue weighted by Gasteiger charge is 2.18. The molecule has 0 bridgehead atoms. The second kappa shape index (κ2) is 8.19. The molecule has 0 saturated carbocycles. The summed E-state index contributed by atoms with van der Waals surface area (Å²) in [6, 6.07) is 4.69. The largest absolute Gasteiger partial charge is 0.333 e. The Bertz CT molecular complexity index is 672. The summed E-state index contributed by atoms with van der Waals surface area (Å²) in [5, 5.41) is 14.7. The van der Waals surface area contributed by atoms with Crippen molar-refractivity contribution in [3.8, 4) is 0 Å². The Morgan fingerprint density at radius 1 is 1.42 bits per heavy atom. The van der Waals surface area contributed by atoms with Gasteiger partial charge in [-0.25, -0.2) is 5.43 Å². The summed E-state index contributed by atoms with van der Waals surface area (Å²) >= 11 is 0. The molecule has 0 atom stereocenters. The number of likely N-dealkylation sites (tertiary alicyclic amines) is 1. The maximum absolute atomic E-state index is 11.9. The Morgan fingerprint density at radius 3 is 2.96 bits per heavy atom. The van der Waals surface area contributed by atoms with Crippen LogP contribution in [0.1, 0.15) is 36.8 Å². The summed E-state index contributed by atoms with van der Waals surface area (Å²) in [6.07, 6.45) is 4.57. The first-order valence-corrected chi connectivity index (χ1v) is 7.82. The number of aryl methyl sites for hydroxylation is 1. The number of hydrogen-bond donors (Lipinski definition) is 1. The first-order chi connectivity index (χ1) is 11.5. The van der Waals surface area contributed by atoms with Crippen LogP contribution in [0.25, 0.3) is 0 Å². The normalized spacial score (nSPS) is 15.4. The van der Waals surface area contributed by atoms with Gasteiger partial charge in [0.2, 0.25) is 5.91 Å². The summed E-state index contributed by atoms with van der Waals surface area (Å²) in [7, 11) is 0. The molecule has 0 unspecified atom stereocenters. The molecule has 1 aliphatic rings. The van der Waals surface area contributed by atoms with Gasteiger partial charge < -0.3 is 4.90 Å². The van der Waals surface area contributed by atoms with Crippen LogP contribution in [0.15, 0.2) is 23.3 Å². The van der Waals surface area contributed by atoms with Crippen LogP contribution in [0.5, 0.6) is 0 Å². The number of carbonyl (C=O) groups excluding carboxylic acids is 2. The van der Waals surface area contributed by atoms with E-state index in [0.717, 1.165) is 19.3 Å². The number of benzene rings is 1. The van der Waals surface area contributed by atoms with E-state index in [-0.39, 0.29) is 24.0 Å². The highest BCUT2D eigenvalue weighted by Crippen LogP contribution is 2.18. The number of nitrogens with zero attached hydrogens (tertiary/aromatic N) is 3. The first kappa shape index (κ1) is 17.6. The third-order valence-corrected chi connectivity index (χ3v) is 3.84. The van der Waals surface area contributed by atoms with Crippen LogP contribution in [0.4, 0.5) is 5.69 Å². The van der Waals surface area contributed by atoms with Crippen molar-refractivity contribution in [2.45, 2.75) is 32.6 Å². The van der Waals surface area contributed by atoms with Crippen molar-refractivity contribution in [1.29, 1.82) is 0 Å². The lowest BCUT2D eigenvalue weighted by Gasteiger charge is -2.18. The molecule has 1 heterocycles. The van der Waals surface area contributed by atoms with E-state index in [1.807, 2.05) is 0 Å². The van der Waals surface area contributed by atoms with E-state index < -0.39 is 4.92 Å². The van der Waals surface area contributed by atoms with Crippen LogP contribution in [0.2, 0.25) is 0 Å². The number of nitro groups is 1. The molecule has 128 valence electrons. The van der Waals surface area contributed by atoms with Crippen molar-refractivity contribution >= 4 is 23.7 Å². The van der Waals surface area contributed by atoms with E-state index in [9.17, 15) is 19.7 Å². The fraction of sp³-hybridized carbons (Fsp3) is 0.438. The highest BCUT2D eigenvalue weighted by atomic mass is 16.6. The summed E-state index contributed by atoms with van der Waals surface area (Å²) < 4.78 is 0. The van der Waals surface area contributed by atoms with Crippen molar-refractivity contribution in [2.24, 2.45) is 5.10 Å². The lowest BCUT2D eigenvalue weighted by atomic mass is 10.1. The standard InChI is InChI=1S/C16H20N4O4/c1-12-6-7-13(9-14(12)20(23)24)10-17-18-15(21)11-19-8-4-2-3-5-16(19)22/h6-7,9-10H,2-5,8,11H2,1H3,(H,18,21)/b17-10-. The Labute approximate surface area is 139 Å². The molecule has 1 aliphatic heterocycles. The van der Waals surface area contributed by atoms with Crippen LogP contribution >= 0.6 is 0 Å². The predicted octanol–water partition coefficient (Wildman–Crippen LogP) is 1.76. The lowest BCUT2D eigenvalue weighted by Crippen LogP contribution is -2.39. The molecule has 1 saturated heterocycles. The van der Waals surface area contributed by atoms with E-state index in [1.54, 1.807) is 19.1 Å². The number of nitro benzene ring substituents is 1. The van der Waals surface area contributed by atoms with Crippen molar-refractivity contribution in [3.63, 3.8) is 0 Å². The van der Waals surface area contributed by atoms with Gasteiger partial charge in [0.1, 0.15) is 6.54 Å². The number of hydrogen-bond acceptors (Lipinski definition) is 5. The van der Waals surface area contributed by atoms with Gasteiger partial charge in [-0.3, -0.25) is 19.7 Å². The van der Waals surface area contributed by atoms with Gasteiger partial charge in [0.15, 0.2) is 0 Å². The average molecular weight is 332 g/mol. The topological polar surface area (TPSA) is 105 Å². The van der Waals surface area contributed by atoms with Crippen molar-refractivity contribution < 1.29 is 14.5 Å². The van der Waals surface area contributed by atoms with Crippen LogP contribution in [-0.2, 0) is 9.59 Å². The quantitative estimate of drug-likeness (QED) is 0.504. The third-order valence-electron chi connectivity index (χ3n) is 3.84. The second-order valence-corrected chi connectivity index (χ2v) is 5.72. The molecule has 24 heavy (non-hydrogen) atoms. The highest BCUT2D eigenvalue weighted by molar-refractivity contribution is 5.86. The molecule has 8 heteroatoms. The summed E-state index contributed by atoms with van der Waals surface area (Å²) in [5.41, 5.74) is 3.42. The number of rotatable bonds is 5. The average Bonchev–Trinajstić information content (AvgIpc) is 2.73. The smallest absolute Gasteiger partial charge is 0.272 e. The number of nitrogens with one attached hydrogen (secondary N) is 1. The summed E-state index contributed by atoms with van der Waals surface area (Å²) in [4.78, 5) is 35.6. The molecule has 1 fully saturated rings. The van der Waals surface area contributed by atoms with Gasteiger partial charge in [-0.1, -0.05) is 18.6 Å². The fourth-order valence-electron chi connectivity index (χ4n) is 2.50. The molecule has 1 aromatic carbocycles. The van der Waals surface area contributed by atoms with E-state index >= 15 is 0 Å². The maximum Gasteiger partial charge on any atom is 0.272 e. The minimum absolute atomic E-state index is 0.000407. The first-order valence-electron chi connectivity index (χ1n) is 7.82. The molecule has 0 spiro atoms. The lowest BCUT2D eigenvalue weighted by molar-refractivity contribution is -0.385. The predicted molar refractivity (Wildman–Crippen MR) is 88.6 cm³/mol. The van der Waals surface area contributed by atoms with E-state index in [1.165, 1.54) is 17.2 Å². The molecule has 8 nitrogen and oxygen atoms in total. The maximum atomic E-state index is 11.9. The minimum atomic E-state index is -0.462. The number of amides is 2. The van der Waals surface area contributed by atoms with Crippen LogP contribution in [0, 0.1) is 17.0 Å². The molecule has 0 radical (unpaired) electrons. The molecular weight excluding hydrogens is 312 g/mol. The van der Waals surface area contributed by atoms with Crippen molar-refractivity contribution in [2.75, 3.05) is 13.1 Å². The van der Waals surface area contributed by atoms with Crippen LogP contribution < -0.4 is 5.43 Å². The zero-order chi connectivity index (χ0) is 17.5. The van der Waals surface area contributed by atoms with Gasteiger partial charge in [-0.05, 0) is 19.8 Å². The van der Waals surface area contributed by atoms with Crippen LogP contribution in [-0.4, -0.2) is 40.9 Å². The van der Waals surface area contributed by atoms with Gasteiger partial charge in [0.25, 0.3) is 11.6 Å². The molecule has 0 aliphatic carbocycles. The van der Waals surface area contributed by atoms with E-state index in [4.69, 9.17) is 0 Å². The Kier molecular flexibility index (Phi) is 6.00. The monoisotopic (exact) mass is 332 g/mol. The fourth-order valence-corrected chi connectivity index (χ4v) is 2.50.